The van der Waals surface area contributed by atoms with Gasteiger partial charge in [-0.15, -0.1) is 11.3 Å². The Bertz CT molecular complexity index is 514. The normalized spacial score (nSPS) is 12.6. The topological polar surface area (TPSA) is 56.0 Å². The number of rotatable bonds is 3. The fourth-order valence-corrected chi connectivity index (χ4v) is 4.12. The number of nitrogens with zero attached hydrogens (tertiary/aromatic N) is 1. The summed E-state index contributed by atoms with van der Waals surface area (Å²) in [5, 5.41) is 0. The Labute approximate surface area is 108 Å². The summed E-state index contributed by atoms with van der Waals surface area (Å²) < 4.78 is 12.9. The first-order valence-electron chi connectivity index (χ1n) is 4.47. The standard InChI is InChI=1S/C10H9BrN2OS2/c11-9-3-7(12)1-2-10(9)16(14)5-8-4-13-6-15-8/h1-4,6H,5,12H2. The second kappa shape index (κ2) is 5.07. The first kappa shape index (κ1) is 11.8. The van der Waals surface area contributed by atoms with Crippen LogP contribution >= 0.6 is 27.3 Å². The molecule has 6 heteroatoms. The third-order valence-electron chi connectivity index (χ3n) is 1.96. The van der Waals surface area contributed by atoms with Crippen LogP contribution in [-0.4, -0.2) is 9.19 Å². The molecule has 0 spiro atoms. The van der Waals surface area contributed by atoms with Gasteiger partial charge in [0.25, 0.3) is 0 Å². The zero-order valence-electron chi connectivity index (χ0n) is 8.22. The van der Waals surface area contributed by atoms with Crippen LogP contribution in [0.1, 0.15) is 4.88 Å². The molecule has 16 heavy (non-hydrogen) atoms. The maximum atomic E-state index is 12.1. The molecule has 0 radical (unpaired) electrons. The van der Waals surface area contributed by atoms with Crippen molar-refractivity contribution in [3.05, 3.63) is 39.3 Å². The zero-order valence-corrected chi connectivity index (χ0v) is 11.4. The Hall–Kier alpha value is -0.720. The van der Waals surface area contributed by atoms with Crippen molar-refractivity contribution in [2.75, 3.05) is 5.73 Å². The molecule has 0 bridgehead atoms. The summed E-state index contributed by atoms with van der Waals surface area (Å²) in [4.78, 5) is 5.74. The Morgan fingerprint density at radius 1 is 1.50 bits per heavy atom. The predicted molar refractivity (Wildman–Crippen MR) is 70.8 cm³/mol. The first-order chi connectivity index (χ1) is 7.66. The molecule has 1 aromatic heterocycles. The number of benzene rings is 1. The Morgan fingerprint density at radius 3 is 2.94 bits per heavy atom. The van der Waals surface area contributed by atoms with E-state index in [1.165, 1.54) is 11.3 Å². The number of aromatic nitrogens is 1. The molecule has 1 atom stereocenters. The van der Waals surface area contributed by atoms with E-state index in [0.717, 1.165) is 14.2 Å². The van der Waals surface area contributed by atoms with E-state index in [0.29, 0.717) is 11.4 Å². The van der Waals surface area contributed by atoms with Crippen molar-refractivity contribution in [1.82, 2.24) is 4.98 Å². The van der Waals surface area contributed by atoms with Crippen LogP contribution in [0.2, 0.25) is 0 Å². The molecule has 0 aliphatic heterocycles. The summed E-state index contributed by atoms with van der Waals surface area (Å²) in [6.07, 6.45) is 1.74. The van der Waals surface area contributed by atoms with Crippen molar-refractivity contribution in [1.29, 1.82) is 0 Å². The molecular formula is C10H9BrN2OS2. The quantitative estimate of drug-likeness (QED) is 0.886. The van der Waals surface area contributed by atoms with E-state index in [1.807, 2.05) is 0 Å². The lowest BCUT2D eigenvalue weighted by Gasteiger charge is -2.04. The van der Waals surface area contributed by atoms with Gasteiger partial charge in [0.05, 0.1) is 27.0 Å². The fourth-order valence-electron chi connectivity index (χ4n) is 1.22. The van der Waals surface area contributed by atoms with Gasteiger partial charge in [-0.05, 0) is 34.1 Å². The van der Waals surface area contributed by atoms with Gasteiger partial charge in [-0.1, -0.05) is 0 Å². The van der Waals surface area contributed by atoms with Crippen molar-refractivity contribution in [3.63, 3.8) is 0 Å². The third-order valence-corrected chi connectivity index (χ3v) is 5.26. The van der Waals surface area contributed by atoms with Gasteiger partial charge in [0.1, 0.15) is 0 Å². The second-order valence-corrected chi connectivity index (χ2v) is 6.39. The van der Waals surface area contributed by atoms with Crippen LogP contribution in [0.25, 0.3) is 0 Å². The number of hydrogen-bond donors (Lipinski definition) is 1. The molecule has 84 valence electrons. The molecule has 2 rings (SSSR count). The van der Waals surface area contributed by atoms with Crippen LogP contribution in [0, 0.1) is 0 Å². The molecule has 3 nitrogen and oxygen atoms in total. The monoisotopic (exact) mass is 316 g/mol. The lowest BCUT2D eigenvalue weighted by atomic mass is 10.3. The molecular weight excluding hydrogens is 308 g/mol. The molecule has 2 aromatic rings. The Kier molecular flexibility index (Phi) is 3.73. The first-order valence-corrected chi connectivity index (χ1v) is 7.47. The van der Waals surface area contributed by atoms with E-state index in [2.05, 4.69) is 20.9 Å². The van der Waals surface area contributed by atoms with Crippen LogP contribution in [0.3, 0.4) is 0 Å². The number of halogens is 1. The fraction of sp³-hybridized carbons (Fsp3) is 0.100. The molecule has 1 aromatic carbocycles. The van der Waals surface area contributed by atoms with E-state index in [-0.39, 0.29) is 0 Å². The van der Waals surface area contributed by atoms with E-state index >= 15 is 0 Å². The van der Waals surface area contributed by atoms with Gasteiger partial charge >= 0.3 is 0 Å². The van der Waals surface area contributed by atoms with Crippen molar-refractivity contribution in [3.8, 4) is 0 Å². The van der Waals surface area contributed by atoms with Crippen LogP contribution in [0.4, 0.5) is 5.69 Å². The SMILES string of the molecule is Nc1ccc(S(=O)Cc2cncs2)c(Br)c1. The van der Waals surface area contributed by atoms with E-state index < -0.39 is 10.8 Å². The highest BCUT2D eigenvalue weighted by Gasteiger charge is 2.10. The van der Waals surface area contributed by atoms with Crippen LogP contribution < -0.4 is 5.73 Å². The summed E-state index contributed by atoms with van der Waals surface area (Å²) in [5.74, 6) is 0.493. The van der Waals surface area contributed by atoms with Gasteiger partial charge in [-0.25, -0.2) is 0 Å². The minimum absolute atomic E-state index is 0.493. The summed E-state index contributed by atoms with van der Waals surface area (Å²) in [6, 6.07) is 5.31. The average molecular weight is 317 g/mol. The Morgan fingerprint density at radius 2 is 2.31 bits per heavy atom. The lowest BCUT2D eigenvalue weighted by Crippen LogP contribution is -1.97. The maximum Gasteiger partial charge on any atom is 0.0794 e. The summed E-state index contributed by atoms with van der Waals surface area (Å²) in [7, 11) is -1.06. The number of thiazole rings is 1. The molecule has 0 aliphatic rings. The van der Waals surface area contributed by atoms with Gasteiger partial charge in [0.15, 0.2) is 0 Å². The average Bonchev–Trinajstić information content (AvgIpc) is 2.70. The minimum Gasteiger partial charge on any atom is -0.399 e. The molecule has 0 saturated heterocycles. The van der Waals surface area contributed by atoms with Gasteiger partial charge in [-0.3, -0.25) is 9.19 Å². The molecule has 0 aliphatic carbocycles. The highest BCUT2D eigenvalue weighted by molar-refractivity contribution is 9.10. The van der Waals surface area contributed by atoms with Crippen LogP contribution in [0.5, 0.6) is 0 Å². The van der Waals surface area contributed by atoms with E-state index in [4.69, 9.17) is 5.73 Å². The Balaban J connectivity index is 2.21. The predicted octanol–water partition coefficient (Wildman–Crippen LogP) is 2.80. The molecule has 1 heterocycles. The highest BCUT2D eigenvalue weighted by Crippen LogP contribution is 2.25. The van der Waals surface area contributed by atoms with Gasteiger partial charge in [0, 0.05) is 21.2 Å². The molecule has 0 amide bonds. The molecule has 0 fully saturated rings. The van der Waals surface area contributed by atoms with Crippen LogP contribution in [0.15, 0.2) is 39.3 Å². The number of hydrogen-bond acceptors (Lipinski definition) is 4. The maximum absolute atomic E-state index is 12.1. The number of anilines is 1. The van der Waals surface area contributed by atoms with E-state index in [1.54, 1.807) is 29.9 Å². The molecule has 1 unspecified atom stereocenters. The second-order valence-electron chi connectivity index (χ2n) is 3.15. The third kappa shape index (κ3) is 2.69. The van der Waals surface area contributed by atoms with E-state index in [9.17, 15) is 4.21 Å². The number of nitrogen functional groups attached to an aromatic ring is 1. The zero-order chi connectivity index (χ0) is 11.5. The molecule has 2 N–H and O–H groups in total. The summed E-state index contributed by atoms with van der Waals surface area (Å²) >= 11 is 4.88. The van der Waals surface area contributed by atoms with Crippen molar-refractivity contribution < 1.29 is 4.21 Å². The van der Waals surface area contributed by atoms with Crippen molar-refractivity contribution >= 4 is 43.8 Å². The van der Waals surface area contributed by atoms with Gasteiger partial charge in [-0.2, -0.15) is 0 Å². The summed E-state index contributed by atoms with van der Waals surface area (Å²) in [5.41, 5.74) is 8.03. The van der Waals surface area contributed by atoms with Crippen molar-refractivity contribution in [2.45, 2.75) is 10.6 Å². The lowest BCUT2D eigenvalue weighted by molar-refractivity contribution is 0.682. The molecule has 0 saturated carbocycles. The smallest absolute Gasteiger partial charge is 0.0794 e. The summed E-state index contributed by atoms with van der Waals surface area (Å²) in [6.45, 7) is 0. The largest absolute Gasteiger partial charge is 0.399 e. The van der Waals surface area contributed by atoms with Gasteiger partial charge in [0.2, 0.25) is 0 Å². The van der Waals surface area contributed by atoms with Gasteiger partial charge < -0.3 is 5.73 Å². The van der Waals surface area contributed by atoms with Crippen LogP contribution in [-0.2, 0) is 16.6 Å². The van der Waals surface area contributed by atoms with Crippen molar-refractivity contribution in [2.24, 2.45) is 0 Å². The highest BCUT2D eigenvalue weighted by atomic mass is 79.9. The number of nitrogens with two attached hydrogens (primary N) is 1. The minimum atomic E-state index is -1.06.